The second-order valence-corrected chi connectivity index (χ2v) is 5.12. The van der Waals surface area contributed by atoms with Crippen molar-refractivity contribution in [3.05, 3.63) is 26.8 Å². The molecule has 1 amide bonds. The van der Waals surface area contributed by atoms with Crippen molar-refractivity contribution in [2.75, 3.05) is 5.32 Å². The first-order chi connectivity index (χ1) is 7.40. The van der Waals surface area contributed by atoms with E-state index in [1.807, 2.05) is 19.9 Å². The van der Waals surface area contributed by atoms with Crippen LogP contribution in [0.2, 0.25) is 0 Å². The second-order valence-electron chi connectivity index (χ2n) is 3.55. The molecule has 0 heterocycles. The van der Waals surface area contributed by atoms with E-state index in [1.165, 1.54) is 16.1 Å². The molecular weight excluding hydrogens is 335 g/mol. The van der Waals surface area contributed by atoms with Gasteiger partial charge in [0.25, 0.3) is 0 Å². The lowest BCUT2D eigenvalue weighted by atomic mass is 10.1. The Kier molecular flexibility index (Phi) is 4.67. The van der Waals surface area contributed by atoms with E-state index >= 15 is 0 Å². The molecule has 1 aromatic carbocycles. The molecule has 0 aliphatic heterocycles. The number of halogens is 1. The summed E-state index contributed by atoms with van der Waals surface area (Å²) in [5.41, 5.74) is 3.21. The molecule has 1 aromatic rings. The van der Waals surface area contributed by atoms with E-state index in [2.05, 4.69) is 39.3 Å². The summed E-state index contributed by atoms with van der Waals surface area (Å²) in [4.78, 5) is 10.8. The summed E-state index contributed by atoms with van der Waals surface area (Å²) in [5.74, 6) is -0.169. The predicted molar refractivity (Wildman–Crippen MR) is 78.7 cm³/mol. The van der Waals surface area contributed by atoms with Crippen LogP contribution in [-0.4, -0.2) is 11.0 Å². The van der Waals surface area contributed by atoms with Gasteiger partial charge >= 0.3 is 0 Å². The van der Waals surface area contributed by atoms with Crippen molar-refractivity contribution in [1.29, 1.82) is 0 Å². The van der Waals surface area contributed by atoms with Crippen molar-refractivity contribution in [1.82, 2.24) is 5.32 Å². The number of thiocarbonyl (C=S) groups is 1. The van der Waals surface area contributed by atoms with Gasteiger partial charge in [0.2, 0.25) is 5.91 Å². The molecule has 0 spiro atoms. The molecule has 86 valence electrons. The van der Waals surface area contributed by atoms with Gasteiger partial charge in [-0.2, -0.15) is 0 Å². The Morgan fingerprint density at radius 2 is 1.94 bits per heavy atom. The third-order valence-corrected chi connectivity index (χ3v) is 3.41. The Morgan fingerprint density at radius 3 is 2.50 bits per heavy atom. The monoisotopic (exact) mass is 348 g/mol. The minimum atomic E-state index is -0.169. The van der Waals surface area contributed by atoms with Crippen LogP contribution in [0.3, 0.4) is 0 Å². The zero-order chi connectivity index (χ0) is 12.3. The van der Waals surface area contributed by atoms with Crippen molar-refractivity contribution in [2.45, 2.75) is 20.8 Å². The van der Waals surface area contributed by atoms with Crippen LogP contribution in [0.5, 0.6) is 0 Å². The predicted octanol–water partition coefficient (Wildman–Crippen LogP) is 2.74. The lowest BCUT2D eigenvalue weighted by Crippen LogP contribution is -2.32. The summed E-state index contributed by atoms with van der Waals surface area (Å²) in [6.07, 6.45) is 0. The van der Waals surface area contributed by atoms with Gasteiger partial charge < -0.3 is 10.6 Å². The Labute approximate surface area is 114 Å². The van der Waals surface area contributed by atoms with Gasteiger partial charge in [0.05, 0.1) is 0 Å². The number of carbonyl (C=O) groups is 1. The number of nitrogens with one attached hydrogen (secondary N) is 2. The first-order valence-electron chi connectivity index (χ1n) is 4.75. The van der Waals surface area contributed by atoms with Crippen molar-refractivity contribution >= 4 is 51.5 Å². The molecule has 2 N–H and O–H groups in total. The summed E-state index contributed by atoms with van der Waals surface area (Å²) >= 11 is 7.29. The van der Waals surface area contributed by atoms with Crippen LogP contribution in [0.4, 0.5) is 5.69 Å². The molecule has 3 nitrogen and oxygen atoms in total. The standard InChI is InChI=1S/C11H13IN2OS/c1-6-5-10(7(2)4-9(6)12)14-11(16)13-8(3)15/h4-5H,1-3H3,(H2,13,14,15,16). The van der Waals surface area contributed by atoms with E-state index in [1.54, 1.807) is 0 Å². The molecule has 0 bridgehead atoms. The number of hydrogen-bond donors (Lipinski definition) is 2. The SMILES string of the molecule is CC(=O)NC(=S)Nc1cc(C)c(I)cc1C. The highest BCUT2D eigenvalue weighted by Crippen LogP contribution is 2.21. The molecule has 0 radical (unpaired) electrons. The van der Waals surface area contributed by atoms with E-state index in [0.717, 1.165) is 11.3 Å². The number of hydrogen-bond acceptors (Lipinski definition) is 2. The normalized spacial score (nSPS) is 9.75. The minimum Gasteiger partial charge on any atom is -0.332 e. The fourth-order valence-electron chi connectivity index (χ4n) is 1.23. The number of rotatable bonds is 1. The molecule has 0 saturated heterocycles. The van der Waals surface area contributed by atoms with Gasteiger partial charge in [-0.3, -0.25) is 4.79 Å². The molecular formula is C11H13IN2OS. The van der Waals surface area contributed by atoms with Crippen LogP contribution < -0.4 is 10.6 Å². The molecule has 0 fully saturated rings. The molecule has 0 aromatic heterocycles. The zero-order valence-corrected chi connectivity index (χ0v) is 12.3. The highest BCUT2D eigenvalue weighted by Gasteiger charge is 2.05. The molecule has 0 saturated carbocycles. The Balaban J connectivity index is 2.85. The van der Waals surface area contributed by atoms with Gasteiger partial charge in [-0.05, 0) is 71.9 Å². The highest BCUT2D eigenvalue weighted by molar-refractivity contribution is 14.1. The van der Waals surface area contributed by atoms with Crippen molar-refractivity contribution in [2.24, 2.45) is 0 Å². The lowest BCUT2D eigenvalue weighted by molar-refractivity contribution is -0.117. The summed E-state index contributed by atoms with van der Waals surface area (Å²) in [6, 6.07) is 4.10. The van der Waals surface area contributed by atoms with Crippen molar-refractivity contribution < 1.29 is 4.79 Å². The minimum absolute atomic E-state index is 0.169. The van der Waals surface area contributed by atoms with E-state index in [0.29, 0.717) is 5.11 Å². The fraction of sp³-hybridized carbons (Fsp3) is 0.273. The lowest BCUT2D eigenvalue weighted by Gasteiger charge is -2.12. The number of benzene rings is 1. The first-order valence-corrected chi connectivity index (χ1v) is 6.24. The maximum absolute atomic E-state index is 10.8. The highest BCUT2D eigenvalue weighted by atomic mass is 127. The largest absolute Gasteiger partial charge is 0.332 e. The molecule has 0 atom stereocenters. The molecule has 1 rings (SSSR count). The van der Waals surface area contributed by atoms with Crippen LogP contribution in [0, 0.1) is 17.4 Å². The number of amides is 1. The second kappa shape index (κ2) is 5.58. The zero-order valence-electron chi connectivity index (χ0n) is 9.35. The quantitative estimate of drug-likeness (QED) is 0.606. The van der Waals surface area contributed by atoms with E-state index in [9.17, 15) is 4.79 Å². The van der Waals surface area contributed by atoms with Gasteiger partial charge in [-0.15, -0.1) is 0 Å². The third kappa shape index (κ3) is 3.71. The van der Waals surface area contributed by atoms with Crippen LogP contribution in [0.15, 0.2) is 12.1 Å². The van der Waals surface area contributed by atoms with Gasteiger partial charge in [-0.1, -0.05) is 0 Å². The Bertz CT molecular complexity index is 446. The number of anilines is 1. The molecule has 16 heavy (non-hydrogen) atoms. The molecule has 0 aliphatic rings. The van der Waals surface area contributed by atoms with Gasteiger partial charge in [0.15, 0.2) is 5.11 Å². The van der Waals surface area contributed by atoms with Gasteiger partial charge in [0, 0.05) is 16.2 Å². The van der Waals surface area contributed by atoms with E-state index < -0.39 is 0 Å². The van der Waals surface area contributed by atoms with Crippen LogP contribution in [0.25, 0.3) is 0 Å². The van der Waals surface area contributed by atoms with Crippen LogP contribution in [0.1, 0.15) is 18.1 Å². The van der Waals surface area contributed by atoms with Crippen LogP contribution >= 0.6 is 34.8 Å². The average Bonchev–Trinajstić information content (AvgIpc) is 2.12. The van der Waals surface area contributed by atoms with E-state index in [4.69, 9.17) is 12.2 Å². The number of aryl methyl sites for hydroxylation is 2. The van der Waals surface area contributed by atoms with Gasteiger partial charge in [-0.25, -0.2) is 0 Å². The fourth-order valence-corrected chi connectivity index (χ4v) is 2.11. The molecule has 0 unspecified atom stereocenters. The van der Waals surface area contributed by atoms with Crippen molar-refractivity contribution in [3.8, 4) is 0 Å². The average molecular weight is 348 g/mol. The summed E-state index contributed by atoms with van der Waals surface area (Å²) in [6.45, 7) is 5.47. The first kappa shape index (κ1) is 13.4. The Morgan fingerprint density at radius 1 is 1.31 bits per heavy atom. The number of carbonyl (C=O) groups excluding carboxylic acids is 1. The summed E-state index contributed by atoms with van der Waals surface area (Å²) in [7, 11) is 0. The van der Waals surface area contributed by atoms with Gasteiger partial charge in [0.1, 0.15) is 0 Å². The smallest absolute Gasteiger partial charge is 0.222 e. The maximum Gasteiger partial charge on any atom is 0.222 e. The summed E-state index contributed by atoms with van der Waals surface area (Å²) in [5, 5.41) is 5.87. The maximum atomic E-state index is 10.8. The summed E-state index contributed by atoms with van der Waals surface area (Å²) < 4.78 is 1.21. The Hall–Kier alpha value is -0.690. The molecule has 5 heteroatoms. The third-order valence-electron chi connectivity index (χ3n) is 2.04. The topological polar surface area (TPSA) is 41.1 Å². The van der Waals surface area contributed by atoms with Crippen molar-refractivity contribution in [3.63, 3.8) is 0 Å². The molecule has 0 aliphatic carbocycles. The van der Waals surface area contributed by atoms with E-state index in [-0.39, 0.29) is 5.91 Å². The van der Waals surface area contributed by atoms with Crippen LogP contribution in [-0.2, 0) is 4.79 Å².